The number of hydrogen-bond acceptors (Lipinski definition) is 2. The largest absolute Gasteiger partial charge is 0.361 e. The molecular formula is C22H29N3O. The Labute approximate surface area is 155 Å². The molecule has 2 fully saturated rings. The van der Waals surface area contributed by atoms with E-state index < -0.39 is 0 Å². The lowest BCUT2D eigenvalue weighted by Crippen LogP contribution is -2.52. The molecule has 138 valence electrons. The maximum atomic E-state index is 13.0. The Bertz CT molecular complexity index is 820. The van der Waals surface area contributed by atoms with E-state index in [-0.39, 0.29) is 11.8 Å². The van der Waals surface area contributed by atoms with E-state index in [9.17, 15) is 4.79 Å². The number of aromatic amines is 1. The van der Waals surface area contributed by atoms with Gasteiger partial charge in [-0.1, -0.05) is 31.4 Å². The highest BCUT2D eigenvalue weighted by molar-refractivity contribution is 5.88. The molecule has 3 aliphatic rings. The quantitative estimate of drug-likeness (QED) is 0.869. The van der Waals surface area contributed by atoms with Crippen molar-refractivity contribution in [1.29, 1.82) is 0 Å². The monoisotopic (exact) mass is 351 g/mol. The van der Waals surface area contributed by atoms with Gasteiger partial charge in [-0.3, -0.25) is 4.79 Å². The Morgan fingerprint density at radius 1 is 1.23 bits per heavy atom. The number of H-pyrrole nitrogens is 1. The molecule has 2 N–H and O–H groups in total. The lowest BCUT2D eigenvalue weighted by molar-refractivity contribution is -0.128. The van der Waals surface area contributed by atoms with E-state index in [4.69, 9.17) is 0 Å². The van der Waals surface area contributed by atoms with Gasteiger partial charge in [-0.25, -0.2) is 0 Å². The van der Waals surface area contributed by atoms with Crippen LogP contribution in [0.5, 0.6) is 0 Å². The molecule has 2 aliphatic carbocycles. The molecule has 1 unspecified atom stereocenters. The second-order valence-electron chi connectivity index (χ2n) is 8.68. The molecule has 1 saturated carbocycles. The third-order valence-electron chi connectivity index (χ3n) is 7.05. The van der Waals surface area contributed by atoms with Crippen molar-refractivity contribution in [2.75, 3.05) is 13.6 Å². The molecule has 0 spiro atoms. The molecule has 26 heavy (non-hydrogen) atoms. The standard InChI is InChI=1S/C22H29N3O/c1-25-13-15(22(26)24-16-6-3-2-4-7-16)10-18-17-8-5-9-19-21(17)14(12-23-19)11-20(18)25/h5,8-9,12,15-16,18,20,23H,2-4,6-7,10-11,13H2,1H3,(H,24,26)/t15?,18-,20-/m1/s1. The van der Waals surface area contributed by atoms with Crippen molar-refractivity contribution < 1.29 is 4.79 Å². The number of nitrogens with one attached hydrogen (secondary N) is 2. The van der Waals surface area contributed by atoms with Gasteiger partial charge in [0.15, 0.2) is 0 Å². The summed E-state index contributed by atoms with van der Waals surface area (Å²) in [6, 6.07) is 7.54. The van der Waals surface area contributed by atoms with Gasteiger partial charge in [0.1, 0.15) is 0 Å². The Morgan fingerprint density at radius 2 is 2.08 bits per heavy atom. The number of carbonyl (C=O) groups excluding carboxylic acids is 1. The zero-order valence-corrected chi connectivity index (χ0v) is 15.6. The number of rotatable bonds is 2. The molecule has 4 heteroatoms. The third kappa shape index (κ3) is 2.66. The Morgan fingerprint density at radius 3 is 2.92 bits per heavy atom. The number of fused-ring (bicyclic) bond motifs is 2. The summed E-state index contributed by atoms with van der Waals surface area (Å²) in [4.78, 5) is 18.9. The predicted octanol–water partition coefficient (Wildman–Crippen LogP) is 3.58. The fourth-order valence-corrected chi connectivity index (χ4v) is 5.70. The van der Waals surface area contributed by atoms with Crippen LogP contribution < -0.4 is 5.32 Å². The lowest BCUT2D eigenvalue weighted by atomic mass is 9.72. The number of amides is 1. The minimum atomic E-state index is 0.110. The summed E-state index contributed by atoms with van der Waals surface area (Å²) >= 11 is 0. The van der Waals surface area contributed by atoms with Crippen molar-refractivity contribution in [2.24, 2.45) is 5.92 Å². The van der Waals surface area contributed by atoms with E-state index in [1.807, 2.05) is 0 Å². The van der Waals surface area contributed by atoms with Crippen LogP contribution in [0.2, 0.25) is 0 Å². The van der Waals surface area contributed by atoms with Gasteiger partial charge in [0.2, 0.25) is 5.91 Å². The van der Waals surface area contributed by atoms with E-state index in [0.29, 0.717) is 18.0 Å². The minimum Gasteiger partial charge on any atom is -0.361 e. The van der Waals surface area contributed by atoms with Crippen molar-refractivity contribution in [3.63, 3.8) is 0 Å². The van der Waals surface area contributed by atoms with Crippen LogP contribution in [0.15, 0.2) is 24.4 Å². The van der Waals surface area contributed by atoms with E-state index in [1.165, 1.54) is 41.3 Å². The maximum absolute atomic E-state index is 13.0. The van der Waals surface area contributed by atoms with Gasteiger partial charge in [-0.15, -0.1) is 0 Å². The van der Waals surface area contributed by atoms with Gasteiger partial charge >= 0.3 is 0 Å². The Balaban J connectivity index is 1.39. The highest BCUT2D eigenvalue weighted by Gasteiger charge is 2.41. The first-order valence-electron chi connectivity index (χ1n) is 10.3. The first-order valence-corrected chi connectivity index (χ1v) is 10.3. The van der Waals surface area contributed by atoms with Gasteiger partial charge < -0.3 is 15.2 Å². The first kappa shape index (κ1) is 16.4. The average molecular weight is 351 g/mol. The summed E-state index contributed by atoms with van der Waals surface area (Å²) in [5.74, 6) is 0.857. The van der Waals surface area contributed by atoms with Crippen LogP contribution in [0, 0.1) is 5.92 Å². The molecule has 2 aromatic rings. The molecule has 1 aliphatic heterocycles. The van der Waals surface area contributed by atoms with Gasteiger partial charge in [0, 0.05) is 41.6 Å². The van der Waals surface area contributed by atoms with Crippen LogP contribution in [0.3, 0.4) is 0 Å². The van der Waals surface area contributed by atoms with Crippen molar-refractivity contribution in [2.45, 2.75) is 62.9 Å². The third-order valence-corrected chi connectivity index (χ3v) is 7.05. The minimum absolute atomic E-state index is 0.110. The number of nitrogens with zero attached hydrogens (tertiary/aromatic N) is 1. The van der Waals surface area contributed by atoms with Gasteiger partial charge in [-0.05, 0) is 49.9 Å². The van der Waals surface area contributed by atoms with Crippen LogP contribution in [0.25, 0.3) is 10.9 Å². The number of likely N-dealkylation sites (tertiary alicyclic amines) is 1. The normalized spacial score (nSPS) is 29.5. The summed E-state index contributed by atoms with van der Waals surface area (Å²) in [5, 5.41) is 4.78. The number of hydrogen-bond donors (Lipinski definition) is 2. The van der Waals surface area contributed by atoms with Crippen molar-refractivity contribution in [1.82, 2.24) is 15.2 Å². The van der Waals surface area contributed by atoms with E-state index >= 15 is 0 Å². The van der Waals surface area contributed by atoms with Crippen LogP contribution in [0.1, 0.15) is 55.6 Å². The summed E-state index contributed by atoms with van der Waals surface area (Å²) in [6.45, 7) is 0.884. The average Bonchev–Trinajstić information content (AvgIpc) is 3.08. The van der Waals surface area contributed by atoms with Gasteiger partial charge in [0.05, 0.1) is 5.92 Å². The molecule has 3 atom stereocenters. The molecule has 2 heterocycles. The van der Waals surface area contributed by atoms with Crippen molar-refractivity contribution in [3.05, 3.63) is 35.5 Å². The van der Waals surface area contributed by atoms with Gasteiger partial charge in [-0.2, -0.15) is 0 Å². The summed E-state index contributed by atoms with van der Waals surface area (Å²) in [7, 11) is 2.20. The van der Waals surface area contributed by atoms with Crippen LogP contribution in [0.4, 0.5) is 0 Å². The smallest absolute Gasteiger partial charge is 0.224 e. The molecule has 1 amide bonds. The second kappa shape index (κ2) is 6.41. The maximum Gasteiger partial charge on any atom is 0.224 e. The van der Waals surface area contributed by atoms with E-state index in [0.717, 1.165) is 32.2 Å². The second-order valence-corrected chi connectivity index (χ2v) is 8.68. The summed E-state index contributed by atoms with van der Waals surface area (Å²) in [6.07, 6.45) is 10.4. The van der Waals surface area contributed by atoms with E-state index in [1.54, 1.807) is 0 Å². The molecule has 0 radical (unpaired) electrons. The molecular weight excluding hydrogens is 322 g/mol. The Hall–Kier alpha value is -1.81. The van der Waals surface area contributed by atoms with Crippen LogP contribution in [-0.2, 0) is 11.2 Å². The van der Waals surface area contributed by atoms with Crippen LogP contribution >= 0.6 is 0 Å². The Kier molecular flexibility index (Phi) is 4.04. The molecule has 0 bridgehead atoms. The number of aromatic nitrogens is 1. The fraction of sp³-hybridized carbons (Fsp3) is 0.591. The summed E-state index contributed by atoms with van der Waals surface area (Å²) in [5.41, 5.74) is 4.12. The zero-order chi connectivity index (χ0) is 17.7. The molecule has 4 nitrogen and oxygen atoms in total. The molecule has 1 aromatic heterocycles. The highest BCUT2D eigenvalue weighted by Crippen LogP contribution is 2.44. The fourth-order valence-electron chi connectivity index (χ4n) is 5.70. The molecule has 5 rings (SSSR count). The van der Waals surface area contributed by atoms with Crippen molar-refractivity contribution >= 4 is 16.8 Å². The number of piperidine rings is 1. The van der Waals surface area contributed by atoms with Gasteiger partial charge in [0.25, 0.3) is 0 Å². The van der Waals surface area contributed by atoms with Crippen molar-refractivity contribution in [3.8, 4) is 0 Å². The predicted molar refractivity (Wildman–Crippen MR) is 104 cm³/mol. The number of likely N-dealkylation sites (N-methyl/N-ethyl adjacent to an activating group) is 1. The molecule has 1 saturated heterocycles. The van der Waals surface area contributed by atoms with Crippen LogP contribution in [-0.4, -0.2) is 41.5 Å². The SMILES string of the molecule is CN1CC(C(=O)NC2CCCCC2)C[C@@H]2c3cccc4[nH]cc(c34)C[C@H]21. The number of benzene rings is 1. The number of carbonyl (C=O) groups is 1. The molecule has 1 aromatic carbocycles. The first-order chi connectivity index (χ1) is 12.7. The topological polar surface area (TPSA) is 48.1 Å². The van der Waals surface area contributed by atoms with E-state index in [2.05, 4.69) is 46.6 Å². The summed E-state index contributed by atoms with van der Waals surface area (Å²) < 4.78 is 0. The lowest BCUT2D eigenvalue weighted by Gasteiger charge is -2.45. The zero-order valence-electron chi connectivity index (χ0n) is 15.6. The highest BCUT2D eigenvalue weighted by atomic mass is 16.2.